The second-order valence-electron chi connectivity index (χ2n) is 3.89. The molecule has 0 aromatic carbocycles. The first-order chi connectivity index (χ1) is 8.06. The minimum atomic E-state index is 0.000946. The van der Waals surface area contributed by atoms with Gasteiger partial charge < -0.3 is 5.73 Å². The molecule has 1 aliphatic rings. The minimum absolute atomic E-state index is 0.000946. The molecule has 0 bridgehead atoms. The van der Waals surface area contributed by atoms with Gasteiger partial charge in [-0.1, -0.05) is 11.8 Å². The lowest BCUT2D eigenvalue weighted by Gasteiger charge is -2.14. The molecule has 1 aromatic rings. The summed E-state index contributed by atoms with van der Waals surface area (Å²) in [6.07, 6.45) is 1.91. The molecule has 17 heavy (non-hydrogen) atoms. The third-order valence-electron chi connectivity index (χ3n) is 2.47. The highest BCUT2D eigenvalue weighted by molar-refractivity contribution is 8.14. The summed E-state index contributed by atoms with van der Waals surface area (Å²) in [7, 11) is 0. The largest absolute Gasteiger partial charge is 0.397 e. The zero-order valence-corrected chi connectivity index (χ0v) is 10.2. The molecule has 1 amide bonds. The van der Waals surface area contributed by atoms with Crippen LogP contribution in [0.3, 0.4) is 0 Å². The summed E-state index contributed by atoms with van der Waals surface area (Å²) in [5.74, 6) is 0.594. The molecule has 1 fully saturated rings. The molecular weight excluding hydrogens is 238 g/mol. The molecule has 2 rings (SSSR count). The Morgan fingerprint density at radius 2 is 2.35 bits per heavy atom. The molecule has 2 heterocycles. The Morgan fingerprint density at radius 3 is 2.94 bits per heavy atom. The fourth-order valence-corrected chi connectivity index (χ4v) is 2.69. The number of aromatic nitrogens is 1. The van der Waals surface area contributed by atoms with E-state index in [1.807, 2.05) is 0 Å². The minimum Gasteiger partial charge on any atom is -0.397 e. The molecule has 0 saturated carbocycles. The summed E-state index contributed by atoms with van der Waals surface area (Å²) in [5, 5.41) is 0.0641. The van der Waals surface area contributed by atoms with E-state index in [1.165, 1.54) is 24.9 Å². The molecule has 1 atom stereocenters. The van der Waals surface area contributed by atoms with E-state index in [0.29, 0.717) is 24.5 Å². The number of amides is 1. The van der Waals surface area contributed by atoms with Crippen molar-refractivity contribution in [1.29, 1.82) is 0 Å². The highest BCUT2D eigenvalue weighted by Crippen LogP contribution is 2.27. The fraction of sp³-hybridized carbons (Fsp3) is 0.364. The van der Waals surface area contributed by atoms with E-state index in [9.17, 15) is 9.59 Å². The number of nitrogens with two attached hydrogens (primary N) is 1. The van der Waals surface area contributed by atoms with Crippen LogP contribution in [0.25, 0.3) is 0 Å². The van der Waals surface area contributed by atoms with Crippen molar-refractivity contribution in [2.45, 2.75) is 18.6 Å². The van der Waals surface area contributed by atoms with Crippen molar-refractivity contribution in [3.05, 3.63) is 18.3 Å². The van der Waals surface area contributed by atoms with E-state index in [-0.39, 0.29) is 16.3 Å². The van der Waals surface area contributed by atoms with Crippen molar-refractivity contribution in [3.63, 3.8) is 0 Å². The predicted octanol–water partition coefficient (Wildman–Crippen LogP) is 1.05. The number of anilines is 2. The number of nitrogens with zero attached hydrogens (tertiary/aromatic N) is 2. The standard InChI is InChI=1S/C11H13N3O2S/c1-7(15)17-9-4-11(16)14(6-9)10-3-2-8(12)5-13-10/h2-3,5,9H,4,6,12H2,1H3. The molecular formula is C11H13N3O2S. The molecule has 1 saturated heterocycles. The zero-order chi connectivity index (χ0) is 12.4. The quantitative estimate of drug-likeness (QED) is 0.850. The SMILES string of the molecule is CC(=O)SC1CC(=O)N(c2ccc(N)cn2)C1. The highest BCUT2D eigenvalue weighted by Gasteiger charge is 2.32. The number of nitrogen functional groups attached to an aromatic ring is 1. The molecule has 1 aromatic heterocycles. The predicted molar refractivity (Wildman–Crippen MR) is 67.7 cm³/mol. The number of rotatable bonds is 2. The van der Waals surface area contributed by atoms with Crippen LogP contribution in [0.15, 0.2) is 18.3 Å². The van der Waals surface area contributed by atoms with E-state index in [4.69, 9.17) is 5.73 Å². The zero-order valence-electron chi connectivity index (χ0n) is 9.42. The number of hydrogen-bond donors (Lipinski definition) is 1. The van der Waals surface area contributed by atoms with Crippen molar-refractivity contribution in [3.8, 4) is 0 Å². The summed E-state index contributed by atoms with van der Waals surface area (Å²) >= 11 is 1.21. The lowest BCUT2D eigenvalue weighted by atomic mass is 10.4. The van der Waals surface area contributed by atoms with Crippen molar-refractivity contribution in [1.82, 2.24) is 4.98 Å². The lowest BCUT2D eigenvalue weighted by Crippen LogP contribution is -2.25. The third kappa shape index (κ3) is 2.76. The maximum Gasteiger partial charge on any atom is 0.229 e. The van der Waals surface area contributed by atoms with Crippen LogP contribution in [0.1, 0.15) is 13.3 Å². The van der Waals surface area contributed by atoms with Gasteiger partial charge in [0.2, 0.25) is 5.91 Å². The van der Waals surface area contributed by atoms with E-state index in [0.717, 1.165) is 0 Å². The number of pyridine rings is 1. The average molecular weight is 251 g/mol. The Kier molecular flexibility index (Phi) is 3.33. The Labute approximate surface area is 103 Å². The van der Waals surface area contributed by atoms with Gasteiger partial charge in [-0.15, -0.1) is 0 Å². The van der Waals surface area contributed by atoms with Gasteiger partial charge in [0, 0.05) is 25.1 Å². The lowest BCUT2D eigenvalue weighted by molar-refractivity contribution is -0.117. The monoisotopic (exact) mass is 251 g/mol. The van der Waals surface area contributed by atoms with Crippen molar-refractivity contribution >= 4 is 34.3 Å². The Balaban J connectivity index is 2.10. The van der Waals surface area contributed by atoms with Crippen LogP contribution in [-0.4, -0.2) is 27.8 Å². The van der Waals surface area contributed by atoms with Crippen LogP contribution in [0, 0.1) is 0 Å². The first-order valence-corrected chi connectivity index (χ1v) is 6.13. The van der Waals surface area contributed by atoms with Gasteiger partial charge in [-0.05, 0) is 12.1 Å². The normalized spacial score (nSPS) is 19.7. The summed E-state index contributed by atoms with van der Waals surface area (Å²) in [6, 6.07) is 3.43. The van der Waals surface area contributed by atoms with Gasteiger partial charge in [0.1, 0.15) is 5.82 Å². The van der Waals surface area contributed by atoms with Gasteiger partial charge in [0.25, 0.3) is 0 Å². The fourth-order valence-electron chi connectivity index (χ4n) is 1.77. The van der Waals surface area contributed by atoms with Gasteiger partial charge in [0.05, 0.1) is 11.9 Å². The van der Waals surface area contributed by atoms with E-state index in [1.54, 1.807) is 17.0 Å². The summed E-state index contributed by atoms with van der Waals surface area (Å²) in [5.41, 5.74) is 6.10. The molecule has 2 N–H and O–H groups in total. The second-order valence-corrected chi connectivity index (χ2v) is 5.37. The Morgan fingerprint density at radius 1 is 1.59 bits per heavy atom. The van der Waals surface area contributed by atoms with Crippen LogP contribution < -0.4 is 10.6 Å². The summed E-state index contributed by atoms with van der Waals surface area (Å²) in [6.45, 7) is 2.04. The van der Waals surface area contributed by atoms with Gasteiger partial charge in [-0.3, -0.25) is 14.5 Å². The average Bonchev–Trinajstić information content (AvgIpc) is 2.59. The molecule has 90 valence electrons. The van der Waals surface area contributed by atoms with Crippen LogP contribution in [0.5, 0.6) is 0 Å². The van der Waals surface area contributed by atoms with Crippen LogP contribution in [0.4, 0.5) is 11.5 Å². The highest BCUT2D eigenvalue weighted by atomic mass is 32.2. The first-order valence-electron chi connectivity index (χ1n) is 5.25. The van der Waals surface area contributed by atoms with Crippen LogP contribution >= 0.6 is 11.8 Å². The number of hydrogen-bond acceptors (Lipinski definition) is 5. The number of carbonyl (C=O) groups is 2. The van der Waals surface area contributed by atoms with Gasteiger partial charge in [-0.2, -0.15) is 0 Å². The first kappa shape index (κ1) is 11.9. The molecule has 0 aliphatic carbocycles. The van der Waals surface area contributed by atoms with Gasteiger partial charge in [0.15, 0.2) is 5.12 Å². The van der Waals surface area contributed by atoms with Crippen LogP contribution in [-0.2, 0) is 9.59 Å². The third-order valence-corrected chi connectivity index (χ3v) is 3.45. The van der Waals surface area contributed by atoms with Crippen molar-refractivity contribution in [2.24, 2.45) is 0 Å². The topological polar surface area (TPSA) is 76.3 Å². The number of carbonyl (C=O) groups excluding carboxylic acids is 2. The maximum absolute atomic E-state index is 11.8. The second kappa shape index (κ2) is 4.75. The summed E-state index contributed by atoms with van der Waals surface area (Å²) < 4.78 is 0. The maximum atomic E-state index is 11.8. The van der Waals surface area contributed by atoms with Crippen molar-refractivity contribution in [2.75, 3.05) is 17.2 Å². The molecule has 0 spiro atoms. The summed E-state index contributed by atoms with van der Waals surface area (Å²) in [4.78, 5) is 28.5. The Bertz CT molecular complexity index is 447. The molecule has 1 aliphatic heterocycles. The van der Waals surface area contributed by atoms with Gasteiger partial charge >= 0.3 is 0 Å². The van der Waals surface area contributed by atoms with E-state index >= 15 is 0 Å². The smallest absolute Gasteiger partial charge is 0.229 e. The molecule has 6 heteroatoms. The Hall–Kier alpha value is -1.56. The molecule has 1 unspecified atom stereocenters. The van der Waals surface area contributed by atoms with E-state index in [2.05, 4.69) is 4.98 Å². The molecule has 5 nitrogen and oxygen atoms in total. The van der Waals surface area contributed by atoms with Gasteiger partial charge in [-0.25, -0.2) is 4.98 Å². The number of thioether (sulfide) groups is 1. The molecule has 0 radical (unpaired) electrons. The van der Waals surface area contributed by atoms with Crippen LogP contribution in [0.2, 0.25) is 0 Å². The van der Waals surface area contributed by atoms with Crippen molar-refractivity contribution < 1.29 is 9.59 Å². The van der Waals surface area contributed by atoms with E-state index < -0.39 is 0 Å².